The summed E-state index contributed by atoms with van der Waals surface area (Å²) in [5.41, 5.74) is 0.277. The lowest BCUT2D eigenvalue weighted by Crippen LogP contribution is -1.99. The van der Waals surface area contributed by atoms with E-state index in [4.69, 9.17) is 22.6 Å². The van der Waals surface area contributed by atoms with Gasteiger partial charge in [-0.1, -0.05) is 11.6 Å². The normalized spacial score (nSPS) is 10.2. The van der Waals surface area contributed by atoms with Gasteiger partial charge in [0.15, 0.2) is 11.5 Å². The van der Waals surface area contributed by atoms with Gasteiger partial charge in [0, 0.05) is 5.56 Å². The van der Waals surface area contributed by atoms with Gasteiger partial charge in [0.25, 0.3) is 0 Å². The van der Waals surface area contributed by atoms with Crippen molar-refractivity contribution in [3.63, 3.8) is 0 Å². The van der Waals surface area contributed by atoms with Crippen LogP contribution in [0.25, 0.3) is 0 Å². The van der Waals surface area contributed by atoms with E-state index in [1.54, 1.807) is 0 Å². The molecule has 1 aromatic rings. The lowest BCUT2D eigenvalue weighted by Gasteiger charge is -2.06. The molecule has 12 heavy (non-hydrogen) atoms. The number of hydrogen-bond donors (Lipinski definition) is 3. The summed E-state index contributed by atoms with van der Waals surface area (Å²) in [6, 6.07) is 2.74. The number of halogens is 1. The minimum absolute atomic E-state index is 0.0426. The van der Waals surface area contributed by atoms with Crippen molar-refractivity contribution in [2.24, 2.45) is 5.90 Å². The van der Waals surface area contributed by atoms with Crippen LogP contribution in [-0.4, -0.2) is 10.2 Å². The monoisotopic (exact) mass is 189 g/mol. The van der Waals surface area contributed by atoms with Crippen LogP contribution in [0, 0.1) is 0 Å². The molecule has 0 aromatic heterocycles. The van der Waals surface area contributed by atoms with Crippen molar-refractivity contribution < 1.29 is 15.1 Å². The fraction of sp³-hybridized carbons (Fsp3) is 0.143. The fourth-order valence-corrected chi connectivity index (χ4v) is 1.03. The zero-order valence-electron chi connectivity index (χ0n) is 6.12. The molecule has 0 unspecified atom stereocenters. The van der Waals surface area contributed by atoms with Crippen molar-refractivity contribution in [2.75, 3.05) is 0 Å². The number of rotatable bonds is 2. The van der Waals surface area contributed by atoms with Gasteiger partial charge in [-0.25, -0.2) is 5.90 Å². The minimum Gasteiger partial charge on any atom is -0.504 e. The van der Waals surface area contributed by atoms with Gasteiger partial charge in [-0.05, 0) is 12.1 Å². The number of phenolic OH excluding ortho intramolecular Hbond substituents is 2. The molecule has 66 valence electrons. The SMILES string of the molecule is NOCc1c(Cl)ccc(O)c1O. The van der Waals surface area contributed by atoms with Crippen molar-refractivity contribution in [2.45, 2.75) is 6.61 Å². The Morgan fingerprint density at radius 1 is 1.42 bits per heavy atom. The molecular weight excluding hydrogens is 182 g/mol. The van der Waals surface area contributed by atoms with E-state index >= 15 is 0 Å². The van der Waals surface area contributed by atoms with E-state index in [0.29, 0.717) is 5.02 Å². The zero-order chi connectivity index (χ0) is 9.14. The first-order valence-electron chi connectivity index (χ1n) is 3.17. The standard InChI is InChI=1S/C7H8ClNO3/c8-5-1-2-6(10)7(11)4(5)3-12-9/h1-2,10-11H,3,9H2. The molecule has 4 N–H and O–H groups in total. The van der Waals surface area contributed by atoms with Gasteiger partial charge < -0.3 is 10.2 Å². The maximum atomic E-state index is 9.24. The summed E-state index contributed by atoms with van der Waals surface area (Å²) in [6.45, 7) is -0.0426. The van der Waals surface area contributed by atoms with E-state index in [1.807, 2.05) is 0 Å². The Balaban J connectivity index is 3.14. The highest BCUT2D eigenvalue weighted by Gasteiger charge is 2.10. The first-order chi connectivity index (χ1) is 5.66. The largest absolute Gasteiger partial charge is 0.504 e. The summed E-state index contributed by atoms with van der Waals surface area (Å²) in [4.78, 5) is 4.29. The van der Waals surface area contributed by atoms with Crippen LogP contribution < -0.4 is 5.90 Å². The third-order valence-electron chi connectivity index (χ3n) is 1.43. The van der Waals surface area contributed by atoms with Gasteiger partial charge in [-0.15, -0.1) is 0 Å². The molecule has 5 heteroatoms. The van der Waals surface area contributed by atoms with E-state index in [9.17, 15) is 5.11 Å². The van der Waals surface area contributed by atoms with Crippen molar-refractivity contribution in [1.29, 1.82) is 0 Å². The van der Waals surface area contributed by atoms with Crippen molar-refractivity contribution in [3.8, 4) is 11.5 Å². The molecule has 4 nitrogen and oxygen atoms in total. The number of hydrogen-bond acceptors (Lipinski definition) is 4. The predicted molar refractivity (Wildman–Crippen MR) is 43.8 cm³/mol. The second-order valence-electron chi connectivity index (χ2n) is 2.20. The summed E-state index contributed by atoms with van der Waals surface area (Å²) < 4.78 is 0. The Kier molecular flexibility index (Phi) is 2.75. The number of aromatic hydroxyl groups is 2. The molecule has 0 radical (unpaired) electrons. The Morgan fingerprint density at radius 2 is 2.08 bits per heavy atom. The van der Waals surface area contributed by atoms with Gasteiger partial charge in [-0.2, -0.15) is 0 Å². The molecule has 0 spiro atoms. The Labute approximate surface area is 74.1 Å². The lowest BCUT2D eigenvalue weighted by atomic mass is 10.2. The molecule has 0 saturated heterocycles. The second kappa shape index (κ2) is 3.62. The van der Waals surface area contributed by atoms with E-state index in [1.165, 1.54) is 12.1 Å². The number of benzene rings is 1. The van der Waals surface area contributed by atoms with Gasteiger partial charge in [0.2, 0.25) is 0 Å². The predicted octanol–water partition coefficient (Wildman–Crippen LogP) is 1.14. The van der Waals surface area contributed by atoms with Crippen molar-refractivity contribution in [3.05, 3.63) is 22.7 Å². The van der Waals surface area contributed by atoms with E-state index in [-0.39, 0.29) is 23.7 Å². The molecular formula is C7H8ClNO3. The Morgan fingerprint density at radius 3 is 2.67 bits per heavy atom. The van der Waals surface area contributed by atoms with Crippen molar-refractivity contribution in [1.82, 2.24) is 0 Å². The molecule has 0 amide bonds. The van der Waals surface area contributed by atoms with Crippen LogP contribution in [0.4, 0.5) is 0 Å². The molecule has 1 rings (SSSR count). The second-order valence-corrected chi connectivity index (χ2v) is 2.61. The van der Waals surface area contributed by atoms with Crippen LogP contribution in [0.15, 0.2) is 12.1 Å². The first kappa shape index (κ1) is 9.12. The maximum Gasteiger partial charge on any atom is 0.164 e. The smallest absolute Gasteiger partial charge is 0.164 e. The van der Waals surface area contributed by atoms with Crippen molar-refractivity contribution >= 4 is 11.6 Å². The van der Waals surface area contributed by atoms with E-state index < -0.39 is 0 Å². The fourth-order valence-electron chi connectivity index (χ4n) is 0.820. The molecule has 0 saturated carbocycles. The Hall–Kier alpha value is -0.970. The van der Waals surface area contributed by atoms with Gasteiger partial charge >= 0.3 is 0 Å². The van der Waals surface area contributed by atoms with Crippen LogP contribution in [0.5, 0.6) is 11.5 Å². The Bertz CT molecular complexity index is 290. The number of phenols is 2. The van der Waals surface area contributed by atoms with Crippen LogP contribution in [0.2, 0.25) is 5.02 Å². The van der Waals surface area contributed by atoms with E-state index in [0.717, 1.165) is 0 Å². The van der Waals surface area contributed by atoms with Gasteiger partial charge in [0.1, 0.15) is 0 Å². The highest BCUT2D eigenvalue weighted by atomic mass is 35.5. The van der Waals surface area contributed by atoms with Crippen LogP contribution in [0.1, 0.15) is 5.56 Å². The van der Waals surface area contributed by atoms with E-state index in [2.05, 4.69) is 4.84 Å². The summed E-state index contributed by atoms with van der Waals surface area (Å²) in [5.74, 6) is 4.25. The molecule has 0 bridgehead atoms. The summed E-state index contributed by atoms with van der Waals surface area (Å²) in [6.07, 6.45) is 0. The van der Waals surface area contributed by atoms with Crippen LogP contribution in [-0.2, 0) is 11.4 Å². The van der Waals surface area contributed by atoms with Gasteiger partial charge in [-0.3, -0.25) is 4.84 Å². The van der Waals surface area contributed by atoms with Crippen LogP contribution >= 0.6 is 11.6 Å². The average molecular weight is 190 g/mol. The topological polar surface area (TPSA) is 75.7 Å². The highest BCUT2D eigenvalue weighted by molar-refractivity contribution is 6.31. The molecule has 0 fully saturated rings. The van der Waals surface area contributed by atoms with Crippen LogP contribution in [0.3, 0.4) is 0 Å². The quantitative estimate of drug-likeness (QED) is 0.482. The highest BCUT2D eigenvalue weighted by Crippen LogP contribution is 2.33. The molecule has 1 aromatic carbocycles. The third-order valence-corrected chi connectivity index (χ3v) is 1.79. The summed E-state index contributed by atoms with van der Waals surface area (Å²) >= 11 is 5.67. The summed E-state index contributed by atoms with van der Waals surface area (Å²) in [7, 11) is 0. The zero-order valence-corrected chi connectivity index (χ0v) is 6.88. The molecule has 0 aliphatic rings. The molecule has 0 heterocycles. The summed E-state index contributed by atoms with van der Waals surface area (Å²) in [5, 5.41) is 18.6. The number of nitrogens with two attached hydrogens (primary N) is 1. The minimum atomic E-state index is -0.298. The van der Waals surface area contributed by atoms with Gasteiger partial charge in [0.05, 0.1) is 11.6 Å². The molecule has 0 aliphatic carbocycles. The maximum absolute atomic E-state index is 9.24. The average Bonchev–Trinajstić information content (AvgIpc) is 2.06. The molecule has 0 aliphatic heterocycles. The lowest BCUT2D eigenvalue weighted by molar-refractivity contribution is 0.122. The first-order valence-corrected chi connectivity index (χ1v) is 3.55. The molecule has 0 atom stereocenters. The third kappa shape index (κ3) is 1.61.